The van der Waals surface area contributed by atoms with Gasteiger partial charge in [-0.15, -0.1) is 5.10 Å². The van der Waals surface area contributed by atoms with Crippen molar-refractivity contribution in [1.29, 1.82) is 0 Å². The van der Waals surface area contributed by atoms with E-state index in [2.05, 4.69) is 30.8 Å². The molecule has 2 N–H and O–H groups in total. The highest BCUT2D eigenvalue weighted by molar-refractivity contribution is 5.76. The molecule has 2 heterocycles. The van der Waals surface area contributed by atoms with Crippen LogP contribution >= 0.6 is 0 Å². The molecule has 1 unspecified atom stereocenters. The molecule has 0 saturated heterocycles. The lowest BCUT2D eigenvalue weighted by Gasteiger charge is -2.10. The number of aromatic amines is 1. The van der Waals surface area contributed by atoms with Gasteiger partial charge in [0.2, 0.25) is 5.91 Å². The van der Waals surface area contributed by atoms with Crippen LogP contribution in [0.3, 0.4) is 0 Å². The van der Waals surface area contributed by atoms with Crippen LogP contribution in [0.1, 0.15) is 25.2 Å². The van der Waals surface area contributed by atoms with Gasteiger partial charge in [0.1, 0.15) is 12.2 Å². The van der Waals surface area contributed by atoms with E-state index in [1.54, 1.807) is 17.1 Å². The molecule has 1 atom stereocenters. The summed E-state index contributed by atoms with van der Waals surface area (Å²) in [6, 6.07) is -0.180. The Hall–Kier alpha value is -2.25. The van der Waals surface area contributed by atoms with Gasteiger partial charge in [0.15, 0.2) is 0 Å². The summed E-state index contributed by atoms with van der Waals surface area (Å²) in [5.41, 5.74) is 0. The number of rotatable bonds is 5. The van der Waals surface area contributed by atoms with Gasteiger partial charge in [-0.1, -0.05) is 5.21 Å². The third-order valence-corrected chi connectivity index (χ3v) is 2.26. The lowest BCUT2D eigenvalue weighted by Crippen LogP contribution is -2.28. The van der Waals surface area contributed by atoms with Gasteiger partial charge in [-0.2, -0.15) is 5.10 Å². The largest absolute Gasteiger partial charge is 0.346 e. The highest BCUT2D eigenvalue weighted by atomic mass is 16.1. The molecule has 90 valence electrons. The first-order valence-electron chi connectivity index (χ1n) is 5.24. The minimum absolute atomic E-state index is 0.0654. The number of H-pyrrole nitrogens is 1. The molecule has 2 aromatic heterocycles. The van der Waals surface area contributed by atoms with Gasteiger partial charge in [0.25, 0.3) is 0 Å². The van der Waals surface area contributed by atoms with Gasteiger partial charge in [0.05, 0.1) is 18.8 Å². The number of carbonyl (C=O) groups excluding carboxylic acids is 1. The Balaban J connectivity index is 1.77. The van der Waals surface area contributed by atoms with Crippen molar-refractivity contribution in [3.05, 3.63) is 24.5 Å². The first kappa shape index (κ1) is 11.2. The van der Waals surface area contributed by atoms with Gasteiger partial charge in [-0.05, 0) is 6.92 Å². The van der Waals surface area contributed by atoms with Crippen LogP contribution in [0.25, 0.3) is 0 Å². The maximum Gasteiger partial charge on any atom is 0.222 e. The number of amides is 1. The highest BCUT2D eigenvalue weighted by Crippen LogP contribution is 2.04. The second kappa shape index (κ2) is 5.19. The van der Waals surface area contributed by atoms with E-state index in [1.165, 1.54) is 6.33 Å². The molecular weight excluding hydrogens is 222 g/mol. The number of nitrogens with zero attached hydrogens (tertiary/aromatic N) is 5. The Morgan fingerprint density at radius 2 is 2.53 bits per heavy atom. The standard InChI is InChI=1S/C9H13N7O/c1-7(9-10-6-12-14-9)13-8(17)2-4-16-5-3-11-15-16/h3,5-7H,2,4H2,1H3,(H,13,17)(H,10,12,14). The van der Waals surface area contributed by atoms with Crippen LogP contribution in [0, 0.1) is 0 Å². The van der Waals surface area contributed by atoms with Crippen molar-refractivity contribution in [2.45, 2.75) is 25.9 Å². The quantitative estimate of drug-likeness (QED) is 0.738. The molecule has 0 radical (unpaired) electrons. The molecule has 0 fully saturated rings. The molecule has 17 heavy (non-hydrogen) atoms. The first-order chi connectivity index (χ1) is 8.25. The van der Waals surface area contributed by atoms with Crippen molar-refractivity contribution < 1.29 is 4.79 Å². The fourth-order valence-corrected chi connectivity index (χ4v) is 1.37. The second-order valence-electron chi connectivity index (χ2n) is 3.58. The van der Waals surface area contributed by atoms with E-state index in [0.717, 1.165) is 0 Å². The van der Waals surface area contributed by atoms with E-state index < -0.39 is 0 Å². The van der Waals surface area contributed by atoms with Gasteiger partial charge in [-0.3, -0.25) is 14.6 Å². The van der Waals surface area contributed by atoms with Crippen LogP contribution < -0.4 is 5.32 Å². The molecule has 2 aromatic rings. The zero-order valence-electron chi connectivity index (χ0n) is 9.37. The van der Waals surface area contributed by atoms with Gasteiger partial charge >= 0.3 is 0 Å². The van der Waals surface area contributed by atoms with Crippen molar-refractivity contribution in [2.24, 2.45) is 0 Å². The van der Waals surface area contributed by atoms with E-state index in [4.69, 9.17) is 0 Å². The Morgan fingerprint density at radius 1 is 1.65 bits per heavy atom. The Bertz CT molecular complexity index is 450. The fourth-order valence-electron chi connectivity index (χ4n) is 1.37. The zero-order valence-corrected chi connectivity index (χ0v) is 9.37. The monoisotopic (exact) mass is 235 g/mol. The number of nitrogens with one attached hydrogen (secondary N) is 2. The number of carbonyl (C=O) groups is 1. The summed E-state index contributed by atoms with van der Waals surface area (Å²) in [6.07, 6.45) is 5.05. The van der Waals surface area contributed by atoms with Crippen molar-refractivity contribution in [3.8, 4) is 0 Å². The molecule has 1 amide bonds. The Kier molecular flexibility index (Phi) is 3.43. The lowest BCUT2D eigenvalue weighted by atomic mass is 10.3. The smallest absolute Gasteiger partial charge is 0.222 e. The van der Waals surface area contributed by atoms with Gasteiger partial charge in [0, 0.05) is 12.6 Å². The lowest BCUT2D eigenvalue weighted by molar-refractivity contribution is -0.122. The van der Waals surface area contributed by atoms with Crippen LogP contribution in [0.5, 0.6) is 0 Å². The van der Waals surface area contributed by atoms with E-state index in [9.17, 15) is 4.79 Å². The van der Waals surface area contributed by atoms with Crippen LogP contribution in [-0.4, -0.2) is 36.1 Å². The summed E-state index contributed by atoms with van der Waals surface area (Å²) < 4.78 is 1.61. The molecule has 0 aliphatic carbocycles. The Labute approximate surface area is 97.4 Å². The normalized spacial score (nSPS) is 12.3. The summed E-state index contributed by atoms with van der Waals surface area (Å²) in [6.45, 7) is 2.35. The third-order valence-electron chi connectivity index (χ3n) is 2.26. The summed E-state index contributed by atoms with van der Waals surface area (Å²) in [4.78, 5) is 15.6. The number of aromatic nitrogens is 6. The minimum Gasteiger partial charge on any atom is -0.346 e. The molecule has 8 nitrogen and oxygen atoms in total. The summed E-state index contributed by atoms with van der Waals surface area (Å²) >= 11 is 0. The number of hydrogen-bond acceptors (Lipinski definition) is 5. The van der Waals surface area contributed by atoms with Crippen LogP contribution in [0.2, 0.25) is 0 Å². The first-order valence-corrected chi connectivity index (χ1v) is 5.24. The number of hydrogen-bond donors (Lipinski definition) is 2. The second-order valence-corrected chi connectivity index (χ2v) is 3.58. The summed E-state index contributed by atoms with van der Waals surface area (Å²) in [5, 5.41) is 16.7. The molecule has 8 heteroatoms. The average Bonchev–Trinajstić information content (AvgIpc) is 2.99. The van der Waals surface area contributed by atoms with E-state index >= 15 is 0 Å². The molecule has 0 bridgehead atoms. The predicted molar refractivity (Wildman–Crippen MR) is 57.6 cm³/mol. The molecule has 0 aromatic carbocycles. The molecular formula is C9H13N7O. The fraction of sp³-hybridized carbons (Fsp3) is 0.444. The van der Waals surface area contributed by atoms with Crippen LogP contribution in [0.15, 0.2) is 18.7 Å². The Morgan fingerprint density at radius 3 is 3.18 bits per heavy atom. The average molecular weight is 235 g/mol. The van der Waals surface area contributed by atoms with Crippen molar-refractivity contribution in [3.63, 3.8) is 0 Å². The highest BCUT2D eigenvalue weighted by Gasteiger charge is 2.11. The van der Waals surface area contributed by atoms with Gasteiger partial charge in [-0.25, -0.2) is 4.98 Å². The number of aryl methyl sites for hydroxylation is 1. The minimum atomic E-state index is -0.180. The van der Waals surface area contributed by atoms with Crippen molar-refractivity contribution >= 4 is 5.91 Å². The predicted octanol–water partition coefficient (Wildman–Crippen LogP) is -0.336. The summed E-state index contributed by atoms with van der Waals surface area (Å²) in [7, 11) is 0. The van der Waals surface area contributed by atoms with E-state index in [0.29, 0.717) is 18.8 Å². The molecule has 2 rings (SSSR count). The molecule has 0 spiro atoms. The SMILES string of the molecule is CC(NC(=O)CCn1ccnn1)c1ncn[nH]1. The van der Waals surface area contributed by atoms with Crippen molar-refractivity contribution in [2.75, 3.05) is 0 Å². The molecule has 0 aliphatic heterocycles. The van der Waals surface area contributed by atoms with E-state index in [-0.39, 0.29) is 11.9 Å². The topological polar surface area (TPSA) is 101 Å². The maximum atomic E-state index is 11.6. The van der Waals surface area contributed by atoms with Crippen LogP contribution in [-0.2, 0) is 11.3 Å². The molecule has 0 aliphatic rings. The summed E-state index contributed by atoms with van der Waals surface area (Å²) in [5.74, 6) is 0.573. The molecule has 0 saturated carbocycles. The van der Waals surface area contributed by atoms with Crippen molar-refractivity contribution in [1.82, 2.24) is 35.5 Å². The third kappa shape index (κ3) is 3.10. The zero-order chi connectivity index (χ0) is 12.1. The van der Waals surface area contributed by atoms with Crippen LogP contribution in [0.4, 0.5) is 0 Å². The van der Waals surface area contributed by atoms with E-state index in [1.807, 2.05) is 6.92 Å². The maximum absolute atomic E-state index is 11.6. The van der Waals surface area contributed by atoms with Gasteiger partial charge < -0.3 is 5.32 Å².